The molecule has 0 N–H and O–H groups in total. The third-order valence-corrected chi connectivity index (χ3v) is 7.08. The molecule has 2 unspecified atom stereocenters. The first-order valence-corrected chi connectivity index (χ1v) is 11.4. The summed E-state index contributed by atoms with van der Waals surface area (Å²) in [6.07, 6.45) is 9.27. The standard InChI is InChI=1S/C25H35NO3/c1-4-5-6-7-8-9-13-20-22-19-12-10-11-14-21(19)26(3)23(27)24(22,2)17-25(20)18-28-15-16-29-25/h10-12,14H,4-9,13,15-18H2,1-3H3. The third-order valence-electron chi connectivity index (χ3n) is 7.08. The van der Waals surface area contributed by atoms with Crippen molar-refractivity contribution in [2.75, 3.05) is 31.8 Å². The molecule has 4 heteroatoms. The number of ether oxygens (including phenoxy) is 2. The van der Waals surface area contributed by atoms with Crippen LogP contribution in [0, 0.1) is 5.41 Å². The molecular formula is C25H35NO3. The molecule has 4 nitrogen and oxygen atoms in total. The Labute approximate surface area is 175 Å². The predicted molar refractivity (Wildman–Crippen MR) is 117 cm³/mol. The number of nitrogens with zero attached hydrogens (tertiary/aromatic N) is 1. The SMILES string of the molecule is CCCCCCCCC1=C2c3ccccc3N(C)C(=O)C2(C)CC12COCCO2. The van der Waals surface area contributed by atoms with Gasteiger partial charge < -0.3 is 14.4 Å². The van der Waals surface area contributed by atoms with Gasteiger partial charge in [0.05, 0.1) is 30.9 Å². The lowest BCUT2D eigenvalue weighted by atomic mass is 9.74. The lowest BCUT2D eigenvalue weighted by Crippen LogP contribution is -2.48. The Morgan fingerprint density at radius 1 is 1.07 bits per heavy atom. The van der Waals surface area contributed by atoms with E-state index in [0.717, 1.165) is 18.5 Å². The van der Waals surface area contributed by atoms with Gasteiger partial charge in [0, 0.05) is 19.0 Å². The van der Waals surface area contributed by atoms with Gasteiger partial charge in [-0.15, -0.1) is 0 Å². The normalized spacial score (nSPS) is 28.8. The minimum absolute atomic E-state index is 0.178. The van der Waals surface area contributed by atoms with E-state index in [1.165, 1.54) is 48.8 Å². The molecule has 1 saturated heterocycles. The number of fused-ring (bicyclic) bond motifs is 3. The number of anilines is 1. The van der Waals surface area contributed by atoms with Crippen molar-refractivity contribution in [2.24, 2.45) is 5.41 Å². The van der Waals surface area contributed by atoms with Crippen LogP contribution in [-0.2, 0) is 14.3 Å². The number of carbonyl (C=O) groups is 1. The van der Waals surface area contributed by atoms with E-state index in [-0.39, 0.29) is 5.91 Å². The molecule has 0 radical (unpaired) electrons. The maximum absolute atomic E-state index is 13.5. The van der Waals surface area contributed by atoms with Gasteiger partial charge in [-0.1, -0.05) is 57.2 Å². The molecule has 1 aromatic rings. The Balaban J connectivity index is 1.72. The minimum atomic E-state index is -0.540. The molecule has 4 rings (SSSR count). The van der Waals surface area contributed by atoms with E-state index < -0.39 is 11.0 Å². The Kier molecular flexibility index (Phi) is 5.85. The fourth-order valence-electron chi connectivity index (χ4n) is 5.71. The average molecular weight is 398 g/mol. The monoisotopic (exact) mass is 397 g/mol. The highest BCUT2D eigenvalue weighted by Crippen LogP contribution is 2.60. The van der Waals surface area contributed by atoms with Crippen molar-refractivity contribution in [2.45, 2.75) is 70.8 Å². The second-order valence-corrected chi connectivity index (χ2v) is 9.16. The van der Waals surface area contributed by atoms with Crippen molar-refractivity contribution in [3.63, 3.8) is 0 Å². The zero-order chi connectivity index (χ0) is 20.5. The lowest BCUT2D eigenvalue weighted by Gasteiger charge is -2.40. The van der Waals surface area contributed by atoms with Crippen molar-refractivity contribution >= 4 is 17.2 Å². The molecule has 158 valence electrons. The summed E-state index contributed by atoms with van der Waals surface area (Å²) in [4.78, 5) is 15.3. The van der Waals surface area contributed by atoms with Gasteiger partial charge in [-0.2, -0.15) is 0 Å². The van der Waals surface area contributed by atoms with E-state index in [0.29, 0.717) is 26.2 Å². The summed E-state index contributed by atoms with van der Waals surface area (Å²) in [5.74, 6) is 0.178. The molecule has 1 spiro atoms. The summed E-state index contributed by atoms with van der Waals surface area (Å²) < 4.78 is 12.4. The minimum Gasteiger partial charge on any atom is -0.376 e. The largest absolute Gasteiger partial charge is 0.376 e. The Morgan fingerprint density at radius 3 is 2.59 bits per heavy atom. The van der Waals surface area contributed by atoms with E-state index in [4.69, 9.17) is 9.47 Å². The second-order valence-electron chi connectivity index (χ2n) is 9.16. The van der Waals surface area contributed by atoms with E-state index in [2.05, 4.69) is 32.0 Å². The summed E-state index contributed by atoms with van der Waals surface area (Å²) in [6, 6.07) is 8.34. The second kappa shape index (κ2) is 8.23. The molecule has 1 fully saturated rings. The van der Waals surface area contributed by atoms with Crippen LogP contribution in [0.4, 0.5) is 5.69 Å². The molecule has 3 aliphatic rings. The van der Waals surface area contributed by atoms with Crippen LogP contribution in [-0.4, -0.2) is 38.4 Å². The van der Waals surface area contributed by atoms with Gasteiger partial charge in [-0.25, -0.2) is 0 Å². The van der Waals surface area contributed by atoms with Crippen LogP contribution in [0.5, 0.6) is 0 Å². The smallest absolute Gasteiger partial charge is 0.237 e. The molecule has 0 aromatic heterocycles. The van der Waals surface area contributed by atoms with E-state index in [9.17, 15) is 4.79 Å². The third kappa shape index (κ3) is 3.44. The average Bonchev–Trinajstić information content (AvgIpc) is 2.98. The summed E-state index contributed by atoms with van der Waals surface area (Å²) in [6.45, 7) is 6.18. The number of rotatable bonds is 7. The number of unbranched alkanes of at least 4 members (excludes halogenated alkanes) is 5. The van der Waals surface area contributed by atoms with E-state index >= 15 is 0 Å². The van der Waals surface area contributed by atoms with Crippen molar-refractivity contribution in [3.05, 3.63) is 35.4 Å². The molecular weight excluding hydrogens is 362 g/mol. The maximum atomic E-state index is 13.5. The highest BCUT2D eigenvalue weighted by atomic mass is 16.6. The molecule has 1 aliphatic carbocycles. The summed E-state index contributed by atoms with van der Waals surface area (Å²) >= 11 is 0. The molecule has 1 aromatic carbocycles. The Morgan fingerprint density at radius 2 is 1.83 bits per heavy atom. The summed E-state index contributed by atoms with van der Waals surface area (Å²) in [5.41, 5.74) is 3.77. The summed E-state index contributed by atoms with van der Waals surface area (Å²) in [5, 5.41) is 0. The van der Waals surface area contributed by atoms with Crippen molar-refractivity contribution in [1.29, 1.82) is 0 Å². The number of benzene rings is 1. The summed E-state index contributed by atoms with van der Waals surface area (Å²) in [7, 11) is 1.90. The van der Waals surface area contributed by atoms with Gasteiger partial charge in [0.1, 0.15) is 5.60 Å². The first kappa shape index (κ1) is 20.6. The quantitative estimate of drug-likeness (QED) is 0.581. The van der Waals surface area contributed by atoms with Crippen LogP contribution >= 0.6 is 0 Å². The van der Waals surface area contributed by atoms with Gasteiger partial charge in [0.2, 0.25) is 5.91 Å². The molecule has 2 heterocycles. The number of hydrogen-bond acceptors (Lipinski definition) is 3. The lowest BCUT2D eigenvalue weighted by molar-refractivity contribution is -0.149. The first-order chi connectivity index (χ1) is 14.0. The van der Waals surface area contributed by atoms with Gasteiger partial charge in [-0.05, 0) is 37.0 Å². The number of para-hydroxylation sites is 1. The zero-order valence-corrected chi connectivity index (χ0v) is 18.3. The zero-order valence-electron chi connectivity index (χ0n) is 18.3. The topological polar surface area (TPSA) is 38.8 Å². The number of amides is 1. The van der Waals surface area contributed by atoms with Crippen LogP contribution < -0.4 is 4.90 Å². The van der Waals surface area contributed by atoms with Gasteiger partial charge in [0.15, 0.2) is 0 Å². The molecule has 29 heavy (non-hydrogen) atoms. The van der Waals surface area contributed by atoms with Gasteiger partial charge in [-0.3, -0.25) is 4.79 Å². The van der Waals surface area contributed by atoms with Crippen LogP contribution in [0.2, 0.25) is 0 Å². The highest BCUT2D eigenvalue weighted by molar-refractivity contribution is 6.13. The van der Waals surface area contributed by atoms with Crippen LogP contribution in [0.1, 0.15) is 70.8 Å². The van der Waals surface area contributed by atoms with Crippen LogP contribution in [0.3, 0.4) is 0 Å². The van der Waals surface area contributed by atoms with Crippen molar-refractivity contribution in [3.8, 4) is 0 Å². The number of hydrogen-bond donors (Lipinski definition) is 0. The molecule has 2 aliphatic heterocycles. The van der Waals surface area contributed by atoms with Crippen LogP contribution in [0.25, 0.3) is 5.57 Å². The molecule has 0 bridgehead atoms. The van der Waals surface area contributed by atoms with Crippen molar-refractivity contribution < 1.29 is 14.3 Å². The fraction of sp³-hybridized carbons (Fsp3) is 0.640. The van der Waals surface area contributed by atoms with Crippen LogP contribution in [0.15, 0.2) is 29.8 Å². The van der Waals surface area contributed by atoms with E-state index in [1.54, 1.807) is 0 Å². The molecule has 1 amide bonds. The van der Waals surface area contributed by atoms with Crippen molar-refractivity contribution in [1.82, 2.24) is 0 Å². The highest BCUT2D eigenvalue weighted by Gasteiger charge is 2.59. The fourth-order valence-corrected chi connectivity index (χ4v) is 5.71. The molecule has 2 atom stereocenters. The Bertz CT molecular complexity index is 793. The Hall–Kier alpha value is -1.65. The van der Waals surface area contributed by atoms with E-state index in [1.807, 2.05) is 18.0 Å². The predicted octanol–water partition coefficient (Wildman–Crippen LogP) is 5.36. The molecule has 0 saturated carbocycles. The first-order valence-electron chi connectivity index (χ1n) is 11.4. The van der Waals surface area contributed by atoms with Gasteiger partial charge in [0.25, 0.3) is 0 Å². The number of carbonyl (C=O) groups excluding carboxylic acids is 1. The van der Waals surface area contributed by atoms with Gasteiger partial charge >= 0.3 is 0 Å². The maximum Gasteiger partial charge on any atom is 0.237 e.